The molecule has 0 spiro atoms. The highest BCUT2D eigenvalue weighted by atomic mass is 16.1. The van der Waals surface area contributed by atoms with Crippen LogP contribution in [-0.4, -0.2) is 34.3 Å². The van der Waals surface area contributed by atoms with E-state index in [1.165, 1.54) is 19.3 Å². The van der Waals surface area contributed by atoms with E-state index >= 15 is 0 Å². The molecule has 0 amide bonds. The van der Waals surface area contributed by atoms with Crippen molar-refractivity contribution in [3.8, 4) is 0 Å². The van der Waals surface area contributed by atoms with Crippen LogP contribution in [0, 0.1) is 0 Å². The van der Waals surface area contributed by atoms with Crippen molar-refractivity contribution < 1.29 is 4.79 Å². The summed E-state index contributed by atoms with van der Waals surface area (Å²) in [6.07, 6.45) is 6.73. The van der Waals surface area contributed by atoms with Gasteiger partial charge in [0.05, 0.1) is 6.04 Å². The number of fused-ring (bicyclic) bond motifs is 1. The first-order chi connectivity index (χ1) is 10.2. The number of H-pyrrole nitrogens is 1. The number of carbonyl (C=O) groups is 1. The maximum Gasteiger partial charge on any atom is 0.181 e. The fourth-order valence-electron chi connectivity index (χ4n) is 3.62. The lowest BCUT2D eigenvalue weighted by atomic mass is 9.95. The van der Waals surface area contributed by atoms with E-state index in [1.807, 2.05) is 30.5 Å². The average Bonchev–Trinajstić information content (AvgIpc) is 2.97. The molecule has 3 heteroatoms. The zero-order valence-corrected chi connectivity index (χ0v) is 12.9. The fourth-order valence-corrected chi connectivity index (χ4v) is 3.62. The summed E-state index contributed by atoms with van der Waals surface area (Å²) in [5, 5.41) is 1.04. The standard InChI is InChI=1S/C18H24N2O/c1-3-14-8-6-7-11-20(14)13(2)18(21)16-12-19-17-10-5-4-9-15(16)17/h4-5,9-10,12-14,19H,3,6-8,11H2,1-2H3/t13-,14-/m0/s1. The van der Waals surface area contributed by atoms with Crippen LogP contribution in [0.15, 0.2) is 30.5 Å². The van der Waals surface area contributed by atoms with Crippen molar-refractivity contribution in [2.75, 3.05) is 6.54 Å². The van der Waals surface area contributed by atoms with Gasteiger partial charge in [0, 0.05) is 28.7 Å². The van der Waals surface area contributed by atoms with Crippen LogP contribution in [0.5, 0.6) is 0 Å². The average molecular weight is 284 g/mol. The van der Waals surface area contributed by atoms with Gasteiger partial charge >= 0.3 is 0 Å². The highest BCUT2D eigenvalue weighted by molar-refractivity contribution is 6.10. The largest absolute Gasteiger partial charge is 0.360 e. The molecule has 3 rings (SSSR count). The Morgan fingerprint density at radius 2 is 2.19 bits per heavy atom. The zero-order chi connectivity index (χ0) is 14.8. The number of aromatic amines is 1. The maximum absolute atomic E-state index is 12.9. The Bertz CT molecular complexity index is 631. The second kappa shape index (κ2) is 6.02. The van der Waals surface area contributed by atoms with Gasteiger partial charge in [0.2, 0.25) is 0 Å². The fraction of sp³-hybridized carbons (Fsp3) is 0.500. The van der Waals surface area contributed by atoms with Crippen molar-refractivity contribution in [1.82, 2.24) is 9.88 Å². The number of nitrogens with one attached hydrogen (secondary N) is 1. The van der Waals surface area contributed by atoms with Gasteiger partial charge in [-0.1, -0.05) is 31.5 Å². The topological polar surface area (TPSA) is 36.1 Å². The molecular formula is C18H24N2O. The SMILES string of the molecule is CC[C@H]1CCCCN1[C@@H](C)C(=O)c1c[nH]c2ccccc12. The van der Waals surface area contributed by atoms with Crippen molar-refractivity contribution in [2.45, 2.75) is 51.6 Å². The minimum atomic E-state index is -0.0329. The van der Waals surface area contributed by atoms with Gasteiger partial charge in [0.25, 0.3) is 0 Å². The number of ketones is 1. The van der Waals surface area contributed by atoms with Crippen LogP contribution in [0.4, 0.5) is 0 Å². The summed E-state index contributed by atoms with van der Waals surface area (Å²) in [7, 11) is 0. The summed E-state index contributed by atoms with van der Waals surface area (Å²) in [6.45, 7) is 5.34. The molecule has 3 nitrogen and oxygen atoms in total. The van der Waals surface area contributed by atoms with Crippen LogP contribution in [0.3, 0.4) is 0 Å². The third kappa shape index (κ3) is 2.62. The Hall–Kier alpha value is -1.61. The summed E-state index contributed by atoms with van der Waals surface area (Å²) in [4.78, 5) is 18.5. The van der Waals surface area contributed by atoms with E-state index in [1.54, 1.807) is 0 Å². The first-order valence-corrected chi connectivity index (χ1v) is 8.08. The summed E-state index contributed by atoms with van der Waals surface area (Å²) in [5.41, 5.74) is 1.87. The van der Waals surface area contributed by atoms with Gasteiger partial charge < -0.3 is 4.98 Å². The molecule has 2 aromatic rings. The number of likely N-dealkylation sites (tertiary alicyclic amines) is 1. The van der Waals surface area contributed by atoms with Crippen molar-refractivity contribution in [2.24, 2.45) is 0 Å². The highest BCUT2D eigenvalue weighted by Crippen LogP contribution is 2.25. The second-order valence-corrected chi connectivity index (χ2v) is 6.08. The molecule has 0 radical (unpaired) electrons. The molecule has 1 aromatic carbocycles. The Morgan fingerprint density at radius 3 is 3.00 bits per heavy atom. The number of piperidine rings is 1. The van der Waals surface area contributed by atoms with Crippen LogP contribution in [0.25, 0.3) is 10.9 Å². The second-order valence-electron chi connectivity index (χ2n) is 6.08. The number of hydrogen-bond acceptors (Lipinski definition) is 2. The first kappa shape index (κ1) is 14.3. The molecule has 1 aromatic heterocycles. The minimum Gasteiger partial charge on any atom is -0.360 e. The minimum absolute atomic E-state index is 0.0329. The van der Waals surface area contributed by atoms with Gasteiger partial charge in [-0.15, -0.1) is 0 Å². The third-order valence-electron chi connectivity index (χ3n) is 4.88. The van der Waals surface area contributed by atoms with Gasteiger partial charge in [0.15, 0.2) is 5.78 Å². The number of para-hydroxylation sites is 1. The van der Waals surface area contributed by atoms with Crippen LogP contribution < -0.4 is 0 Å². The molecule has 112 valence electrons. The van der Waals surface area contributed by atoms with Crippen molar-refractivity contribution in [3.05, 3.63) is 36.0 Å². The number of benzene rings is 1. The van der Waals surface area contributed by atoms with Crippen molar-refractivity contribution in [1.29, 1.82) is 0 Å². The number of hydrogen-bond donors (Lipinski definition) is 1. The molecule has 0 aliphatic carbocycles. The van der Waals surface area contributed by atoms with Gasteiger partial charge in [-0.2, -0.15) is 0 Å². The quantitative estimate of drug-likeness (QED) is 0.861. The van der Waals surface area contributed by atoms with E-state index < -0.39 is 0 Å². The van der Waals surface area contributed by atoms with Crippen LogP contribution in [0.2, 0.25) is 0 Å². The molecule has 0 unspecified atom stereocenters. The normalized spacial score (nSPS) is 21.5. The lowest BCUT2D eigenvalue weighted by Gasteiger charge is -2.38. The maximum atomic E-state index is 12.9. The third-order valence-corrected chi connectivity index (χ3v) is 4.88. The highest BCUT2D eigenvalue weighted by Gasteiger charge is 2.30. The molecule has 2 heterocycles. The van der Waals surface area contributed by atoms with E-state index in [-0.39, 0.29) is 11.8 Å². The lowest BCUT2D eigenvalue weighted by molar-refractivity contribution is 0.0663. The predicted octanol–water partition coefficient (Wildman–Crippen LogP) is 4.00. The predicted molar refractivity (Wildman–Crippen MR) is 86.7 cm³/mol. The van der Waals surface area contributed by atoms with E-state index in [0.717, 1.165) is 29.4 Å². The van der Waals surface area contributed by atoms with Crippen LogP contribution in [0.1, 0.15) is 49.9 Å². The van der Waals surface area contributed by atoms with Crippen LogP contribution in [-0.2, 0) is 0 Å². The molecule has 1 saturated heterocycles. The number of rotatable bonds is 4. The molecule has 1 fully saturated rings. The van der Waals surface area contributed by atoms with Crippen molar-refractivity contribution >= 4 is 16.7 Å². The Labute approximate surface area is 126 Å². The first-order valence-electron chi connectivity index (χ1n) is 8.08. The summed E-state index contributed by atoms with van der Waals surface area (Å²) >= 11 is 0. The lowest BCUT2D eigenvalue weighted by Crippen LogP contribution is -2.48. The Morgan fingerprint density at radius 1 is 1.38 bits per heavy atom. The number of Topliss-reactive ketones (excluding diaryl/α,β-unsaturated/α-hetero) is 1. The smallest absolute Gasteiger partial charge is 0.181 e. The van der Waals surface area contributed by atoms with Gasteiger partial charge in [-0.3, -0.25) is 9.69 Å². The van der Waals surface area contributed by atoms with Gasteiger partial charge in [-0.25, -0.2) is 0 Å². The van der Waals surface area contributed by atoms with E-state index in [4.69, 9.17) is 0 Å². The summed E-state index contributed by atoms with van der Waals surface area (Å²) in [6, 6.07) is 8.56. The Kier molecular flexibility index (Phi) is 4.11. The number of nitrogens with zero attached hydrogens (tertiary/aromatic N) is 1. The summed E-state index contributed by atoms with van der Waals surface area (Å²) < 4.78 is 0. The van der Waals surface area contributed by atoms with Gasteiger partial charge in [0.1, 0.15) is 0 Å². The molecule has 1 N–H and O–H groups in total. The number of carbonyl (C=O) groups excluding carboxylic acids is 1. The zero-order valence-electron chi connectivity index (χ0n) is 12.9. The molecule has 0 saturated carbocycles. The summed E-state index contributed by atoms with van der Waals surface area (Å²) in [5.74, 6) is 0.243. The molecule has 1 aliphatic heterocycles. The van der Waals surface area contributed by atoms with E-state index in [0.29, 0.717) is 6.04 Å². The Balaban J connectivity index is 1.87. The molecule has 2 atom stereocenters. The molecule has 21 heavy (non-hydrogen) atoms. The van der Waals surface area contributed by atoms with E-state index in [2.05, 4.69) is 23.7 Å². The van der Waals surface area contributed by atoms with Gasteiger partial charge in [-0.05, 0) is 38.8 Å². The molecule has 0 bridgehead atoms. The monoisotopic (exact) mass is 284 g/mol. The molecular weight excluding hydrogens is 260 g/mol. The van der Waals surface area contributed by atoms with Crippen molar-refractivity contribution in [3.63, 3.8) is 0 Å². The van der Waals surface area contributed by atoms with E-state index in [9.17, 15) is 4.79 Å². The van der Waals surface area contributed by atoms with Crippen LogP contribution >= 0.6 is 0 Å². The molecule has 1 aliphatic rings. The number of aromatic nitrogens is 1.